The van der Waals surface area contributed by atoms with E-state index in [0.29, 0.717) is 6.04 Å². The van der Waals surface area contributed by atoms with Gasteiger partial charge in [-0.1, -0.05) is 30.7 Å². The molecule has 1 saturated carbocycles. The summed E-state index contributed by atoms with van der Waals surface area (Å²) < 4.78 is 1.11. The summed E-state index contributed by atoms with van der Waals surface area (Å²) in [7, 11) is 0. The fourth-order valence-corrected chi connectivity index (χ4v) is 4.58. The minimum atomic E-state index is 0.557. The first-order chi connectivity index (χ1) is 9.22. The largest absolute Gasteiger partial charge is 0.334 e. The van der Waals surface area contributed by atoms with Crippen LogP contribution in [-0.4, -0.2) is 17.0 Å². The van der Waals surface area contributed by atoms with Gasteiger partial charge in [-0.2, -0.15) is 0 Å². The number of halogens is 1. The highest BCUT2D eigenvalue weighted by atomic mass is 79.9. The van der Waals surface area contributed by atoms with Crippen molar-refractivity contribution in [1.82, 2.24) is 0 Å². The Morgan fingerprint density at radius 1 is 1.32 bits per heavy atom. The number of aliphatic imine (C=N–C) groups is 1. The maximum atomic E-state index is 4.91. The third-order valence-electron chi connectivity index (χ3n) is 3.95. The van der Waals surface area contributed by atoms with Crippen molar-refractivity contribution in [3.8, 4) is 0 Å². The molecule has 1 aliphatic heterocycles. The van der Waals surface area contributed by atoms with E-state index < -0.39 is 0 Å². The van der Waals surface area contributed by atoms with Crippen LogP contribution in [-0.2, 0) is 0 Å². The number of amidine groups is 1. The predicted molar refractivity (Wildman–Crippen MR) is 88.1 cm³/mol. The van der Waals surface area contributed by atoms with Crippen LogP contribution in [0.3, 0.4) is 0 Å². The van der Waals surface area contributed by atoms with E-state index in [2.05, 4.69) is 46.4 Å². The van der Waals surface area contributed by atoms with Crippen LogP contribution in [0, 0.1) is 12.8 Å². The van der Waals surface area contributed by atoms with Gasteiger partial charge in [-0.05, 0) is 59.3 Å². The molecule has 1 fully saturated rings. The molecule has 2 unspecified atom stereocenters. The minimum Gasteiger partial charge on any atom is -0.334 e. The standard InChI is InChI=1S/C15H19BrN2S/c1-10-6-7-14(12(16)8-10)18-15-17-13-5-3-2-4-11(13)9-19-15/h6-8,11,13H,2-5,9H2,1H3,(H,17,18). The Balaban J connectivity index is 1.74. The van der Waals surface area contributed by atoms with E-state index in [9.17, 15) is 0 Å². The summed E-state index contributed by atoms with van der Waals surface area (Å²) in [6.07, 6.45) is 5.37. The molecular weight excluding hydrogens is 320 g/mol. The van der Waals surface area contributed by atoms with Crippen molar-refractivity contribution in [3.63, 3.8) is 0 Å². The number of nitrogens with zero attached hydrogens (tertiary/aromatic N) is 1. The molecule has 0 amide bonds. The lowest BCUT2D eigenvalue weighted by atomic mass is 9.86. The number of fused-ring (bicyclic) bond motifs is 1. The quantitative estimate of drug-likeness (QED) is 0.792. The molecule has 0 saturated heterocycles. The minimum absolute atomic E-state index is 0.557. The molecule has 0 radical (unpaired) electrons. The molecule has 0 aromatic heterocycles. The topological polar surface area (TPSA) is 24.4 Å². The molecular formula is C15H19BrN2S. The molecule has 1 heterocycles. The van der Waals surface area contributed by atoms with Crippen molar-refractivity contribution in [3.05, 3.63) is 28.2 Å². The van der Waals surface area contributed by atoms with E-state index in [1.54, 1.807) is 0 Å². The second-order valence-electron chi connectivity index (χ2n) is 5.47. The number of benzene rings is 1. The molecule has 2 aliphatic rings. The molecule has 2 atom stereocenters. The first-order valence-corrected chi connectivity index (χ1v) is 8.74. The van der Waals surface area contributed by atoms with Gasteiger partial charge in [0.25, 0.3) is 0 Å². The Morgan fingerprint density at radius 3 is 3.00 bits per heavy atom. The average molecular weight is 339 g/mol. The highest BCUT2D eigenvalue weighted by Gasteiger charge is 2.29. The summed E-state index contributed by atoms with van der Waals surface area (Å²) in [4.78, 5) is 4.91. The van der Waals surface area contributed by atoms with Gasteiger partial charge in [-0.3, -0.25) is 4.99 Å². The van der Waals surface area contributed by atoms with Crippen LogP contribution in [0.5, 0.6) is 0 Å². The van der Waals surface area contributed by atoms with Crippen LogP contribution in [0.15, 0.2) is 27.7 Å². The molecule has 1 aromatic carbocycles. The normalized spacial score (nSPS) is 26.5. The Bertz CT molecular complexity index is 501. The first-order valence-electron chi connectivity index (χ1n) is 6.96. The van der Waals surface area contributed by atoms with Crippen LogP contribution in [0.1, 0.15) is 31.2 Å². The van der Waals surface area contributed by atoms with Gasteiger partial charge in [-0.15, -0.1) is 0 Å². The molecule has 0 bridgehead atoms. The number of aryl methyl sites for hydroxylation is 1. The van der Waals surface area contributed by atoms with Crippen LogP contribution < -0.4 is 5.32 Å². The molecule has 1 aliphatic carbocycles. The lowest BCUT2D eigenvalue weighted by molar-refractivity contribution is 0.336. The van der Waals surface area contributed by atoms with Gasteiger partial charge >= 0.3 is 0 Å². The molecule has 1 aromatic rings. The van der Waals surface area contributed by atoms with E-state index in [-0.39, 0.29) is 0 Å². The number of hydrogen-bond donors (Lipinski definition) is 1. The zero-order valence-corrected chi connectivity index (χ0v) is 13.6. The third kappa shape index (κ3) is 3.16. The highest BCUT2D eigenvalue weighted by Crippen LogP contribution is 2.35. The molecule has 102 valence electrons. The van der Waals surface area contributed by atoms with Crippen LogP contribution in [0.4, 0.5) is 5.69 Å². The van der Waals surface area contributed by atoms with Gasteiger partial charge in [-0.25, -0.2) is 0 Å². The van der Waals surface area contributed by atoms with Gasteiger partial charge in [0.05, 0.1) is 11.7 Å². The van der Waals surface area contributed by atoms with Gasteiger partial charge < -0.3 is 5.32 Å². The second kappa shape index (κ2) is 5.88. The average Bonchev–Trinajstić information content (AvgIpc) is 2.42. The predicted octanol–water partition coefficient (Wildman–Crippen LogP) is 4.83. The summed E-state index contributed by atoms with van der Waals surface area (Å²) in [5.74, 6) is 2.03. The number of anilines is 1. The summed E-state index contributed by atoms with van der Waals surface area (Å²) in [6.45, 7) is 2.11. The van der Waals surface area contributed by atoms with Gasteiger partial charge in [0.2, 0.25) is 0 Å². The fraction of sp³-hybridized carbons (Fsp3) is 0.533. The van der Waals surface area contributed by atoms with Gasteiger partial charge in [0.1, 0.15) is 0 Å². The lowest BCUT2D eigenvalue weighted by Crippen LogP contribution is -2.31. The van der Waals surface area contributed by atoms with Crippen LogP contribution >= 0.6 is 27.7 Å². The number of nitrogens with one attached hydrogen (secondary N) is 1. The molecule has 0 spiro atoms. The SMILES string of the molecule is Cc1ccc(NC2=NC3CCCCC3CS2)c(Br)c1. The van der Waals surface area contributed by atoms with Crippen molar-refractivity contribution >= 4 is 38.5 Å². The van der Waals surface area contributed by atoms with Crippen LogP contribution in [0.25, 0.3) is 0 Å². The fourth-order valence-electron chi connectivity index (χ4n) is 2.83. The second-order valence-corrected chi connectivity index (χ2v) is 7.33. The zero-order chi connectivity index (χ0) is 13.2. The maximum Gasteiger partial charge on any atom is 0.161 e. The molecule has 2 nitrogen and oxygen atoms in total. The molecule has 1 N–H and O–H groups in total. The van der Waals surface area contributed by atoms with Gasteiger partial charge in [0, 0.05) is 10.2 Å². The molecule has 3 rings (SSSR count). The van der Waals surface area contributed by atoms with Crippen molar-refractivity contribution in [1.29, 1.82) is 0 Å². The van der Waals surface area contributed by atoms with Crippen LogP contribution in [0.2, 0.25) is 0 Å². The maximum absolute atomic E-state index is 4.91. The Hall–Kier alpha value is -0.480. The van der Waals surface area contributed by atoms with Crippen molar-refractivity contribution < 1.29 is 0 Å². The Morgan fingerprint density at radius 2 is 2.16 bits per heavy atom. The van der Waals surface area contributed by atoms with E-state index in [0.717, 1.165) is 21.2 Å². The van der Waals surface area contributed by atoms with Gasteiger partial charge in [0.15, 0.2) is 5.17 Å². The monoisotopic (exact) mass is 338 g/mol. The van der Waals surface area contributed by atoms with Crippen molar-refractivity contribution in [2.24, 2.45) is 10.9 Å². The number of thioether (sulfide) groups is 1. The van der Waals surface area contributed by atoms with E-state index in [1.807, 2.05) is 11.8 Å². The third-order valence-corrected chi connectivity index (χ3v) is 5.68. The lowest BCUT2D eigenvalue weighted by Gasteiger charge is -2.32. The van der Waals surface area contributed by atoms with Crippen molar-refractivity contribution in [2.45, 2.75) is 38.6 Å². The Labute approximate surface area is 127 Å². The summed E-state index contributed by atoms with van der Waals surface area (Å²) in [6, 6.07) is 6.95. The highest BCUT2D eigenvalue weighted by molar-refractivity contribution is 9.10. The Kier molecular flexibility index (Phi) is 4.18. The first kappa shape index (κ1) is 13.5. The summed E-state index contributed by atoms with van der Waals surface area (Å²) in [5.41, 5.74) is 2.38. The van der Waals surface area contributed by atoms with Crippen molar-refractivity contribution in [2.75, 3.05) is 11.1 Å². The molecule has 4 heteroatoms. The van der Waals surface area contributed by atoms with E-state index in [4.69, 9.17) is 4.99 Å². The van der Waals surface area contributed by atoms with E-state index >= 15 is 0 Å². The number of hydrogen-bond acceptors (Lipinski definition) is 3. The molecule has 19 heavy (non-hydrogen) atoms. The summed E-state index contributed by atoms with van der Waals surface area (Å²) >= 11 is 5.49. The summed E-state index contributed by atoms with van der Waals surface area (Å²) in [5, 5.41) is 4.57. The zero-order valence-electron chi connectivity index (χ0n) is 11.2. The van der Waals surface area contributed by atoms with E-state index in [1.165, 1.54) is 37.0 Å². The number of rotatable bonds is 1. The smallest absolute Gasteiger partial charge is 0.161 e.